The summed E-state index contributed by atoms with van der Waals surface area (Å²) < 4.78 is 11.6. The molecule has 2 fully saturated rings. The van der Waals surface area contributed by atoms with Crippen molar-refractivity contribution in [2.75, 3.05) is 26.7 Å². The van der Waals surface area contributed by atoms with Crippen LogP contribution in [-0.4, -0.2) is 66.9 Å². The molecule has 0 bridgehead atoms. The number of nitrogens with zero attached hydrogens (tertiary/aromatic N) is 4. The van der Waals surface area contributed by atoms with Gasteiger partial charge in [0.25, 0.3) is 6.35 Å². The molecule has 1 aromatic rings. The van der Waals surface area contributed by atoms with Gasteiger partial charge in [0.1, 0.15) is 11.5 Å². The molecule has 0 amide bonds. The molecule has 3 N–H and O–H groups in total. The van der Waals surface area contributed by atoms with Gasteiger partial charge >= 0.3 is 0 Å². The van der Waals surface area contributed by atoms with Crippen molar-refractivity contribution in [3.05, 3.63) is 23.2 Å². The molecule has 0 radical (unpaired) electrons. The van der Waals surface area contributed by atoms with Crippen LogP contribution in [0.25, 0.3) is 0 Å². The first kappa shape index (κ1) is 24.0. The predicted molar refractivity (Wildman–Crippen MR) is 133 cm³/mol. The minimum atomic E-state index is -0.612. The van der Waals surface area contributed by atoms with Crippen LogP contribution in [0.5, 0.6) is 11.5 Å². The fourth-order valence-electron chi connectivity index (χ4n) is 5.06. The van der Waals surface area contributed by atoms with Crippen LogP contribution in [0.15, 0.2) is 28.2 Å². The molecule has 1 saturated heterocycles. The lowest BCUT2D eigenvalue weighted by Crippen LogP contribution is -2.57. The number of likely N-dealkylation sites (N-methyl/N-ethyl adjacent to an activating group) is 1. The molecule has 1 aromatic carbocycles. The molecular weight excluding hydrogens is 440 g/mol. The molecule has 2 heterocycles. The second-order valence-electron chi connectivity index (χ2n) is 9.07. The number of ether oxygens (including phenoxy) is 2. The summed E-state index contributed by atoms with van der Waals surface area (Å²) in [5, 5.41) is 4.19. The zero-order valence-corrected chi connectivity index (χ0v) is 20.6. The van der Waals surface area contributed by atoms with E-state index in [4.69, 9.17) is 26.8 Å². The number of likely N-dealkylation sites (tertiary alicyclic amines) is 1. The van der Waals surface area contributed by atoms with Gasteiger partial charge in [0.05, 0.1) is 12.1 Å². The SMILES string of the molecule is CCN1CCCC1CN1C(NC2CCCCCC2)=NC(N)=NC1Oc1ccc(OC)c(Cl)c1. The second-order valence-corrected chi connectivity index (χ2v) is 9.48. The Labute approximate surface area is 202 Å². The maximum atomic E-state index is 6.34. The third kappa shape index (κ3) is 6.03. The van der Waals surface area contributed by atoms with Crippen molar-refractivity contribution in [3.63, 3.8) is 0 Å². The first-order valence-electron chi connectivity index (χ1n) is 12.3. The topological polar surface area (TPSA) is 87.7 Å². The molecule has 0 spiro atoms. The Balaban J connectivity index is 1.57. The number of halogens is 1. The van der Waals surface area contributed by atoms with Gasteiger partial charge in [0.15, 0.2) is 0 Å². The van der Waals surface area contributed by atoms with E-state index >= 15 is 0 Å². The van der Waals surface area contributed by atoms with Gasteiger partial charge in [-0.05, 0) is 50.9 Å². The van der Waals surface area contributed by atoms with Crippen LogP contribution in [0.4, 0.5) is 0 Å². The van der Waals surface area contributed by atoms with Gasteiger partial charge in [0.2, 0.25) is 11.9 Å². The van der Waals surface area contributed by atoms with Crippen molar-refractivity contribution in [1.82, 2.24) is 15.1 Å². The van der Waals surface area contributed by atoms with E-state index < -0.39 is 6.35 Å². The number of guanidine groups is 2. The van der Waals surface area contributed by atoms with Gasteiger partial charge in [-0.2, -0.15) is 9.98 Å². The highest BCUT2D eigenvalue weighted by Gasteiger charge is 2.34. The second kappa shape index (κ2) is 11.3. The molecule has 3 aliphatic rings. The summed E-state index contributed by atoms with van der Waals surface area (Å²) in [6, 6.07) is 6.21. The maximum absolute atomic E-state index is 6.34. The Morgan fingerprint density at radius 1 is 1.15 bits per heavy atom. The average molecular weight is 477 g/mol. The Hall–Kier alpha value is -2.19. The molecule has 1 saturated carbocycles. The lowest BCUT2D eigenvalue weighted by molar-refractivity contribution is 0.0614. The monoisotopic (exact) mass is 476 g/mol. The van der Waals surface area contributed by atoms with Gasteiger partial charge < -0.3 is 20.5 Å². The number of hydrogen-bond acceptors (Lipinski definition) is 8. The summed E-state index contributed by atoms with van der Waals surface area (Å²) >= 11 is 6.34. The molecular formula is C24H37ClN6O2. The Kier molecular flexibility index (Phi) is 8.20. The van der Waals surface area contributed by atoms with Crippen LogP contribution in [0.2, 0.25) is 5.02 Å². The molecule has 1 aliphatic carbocycles. The highest BCUT2D eigenvalue weighted by atomic mass is 35.5. The largest absolute Gasteiger partial charge is 0.495 e. The van der Waals surface area contributed by atoms with Gasteiger partial charge in [-0.3, -0.25) is 9.80 Å². The van der Waals surface area contributed by atoms with Gasteiger partial charge in [0, 0.05) is 24.7 Å². The summed E-state index contributed by atoms with van der Waals surface area (Å²) in [5.41, 5.74) is 6.16. The number of methoxy groups -OCH3 is 1. The zero-order chi connectivity index (χ0) is 23.2. The lowest BCUT2D eigenvalue weighted by Gasteiger charge is -2.38. The van der Waals surface area contributed by atoms with Crippen LogP contribution in [0.3, 0.4) is 0 Å². The highest BCUT2D eigenvalue weighted by molar-refractivity contribution is 6.32. The molecule has 2 aliphatic heterocycles. The number of benzene rings is 1. The maximum Gasteiger partial charge on any atom is 0.276 e. The van der Waals surface area contributed by atoms with Gasteiger partial charge in [-0.1, -0.05) is 44.2 Å². The fourth-order valence-corrected chi connectivity index (χ4v) is 5.31. The van der Waals surface area contributed by atoms with E-state index in [9.17, 15) is 0 Å². The van der Waals surface area contributed by atoms with Crippen LogP contribution in [-0.2, 0) is 0 Å². The number of nitrogens with two attached hydrogens (primary N) is 1. The van der Waals surface area contributed by atoms with Crippen LogP contribution >= 0.6 is 11.6 Å². The van der Waals surface area contributed by atoms with E-state index in [1.807, 2.05) is 6.07 Å². The molecule has 0 aromatic heterocycles. The fraction of sp³-hybridized carbons (Fsp3) is 0.667. The molecule has 4 rings (SSSR count). The number of aliphatic imine (C=N–C) groups is 2. The minimum Gasteiger partial charge on any atom is -0.495 e. The van der Waals surface area contributed by atoms with Crippen LogP contribution < -0.4 is 20.5 Å². The van der Waals surface area contributed by atoms with Gasteiger partial charge in [-0.25, -0.2) is 0 Å². The molecule has 9 heteroatoms. The Morgan fingerprint density at radius 3 is 2.64 bits per heavy atom. The first-order valence-corrected chi connectivity index (χ1v) is 12.6. The number of rotatable bonds is 7. The van der Waals surface area contributed by atoms with Crippen LogP contribution in [0, 0.1) is 0 Å². The summed E-state index contributed by atoms with van der Waals surface area (Å²) in [6.45, 7) is 5.16. The van der Waals surface area contributed by atoms with E-state index in [1.54, 1.807) is 19.2 Å². The van der Waals surface area contributed by atoms with Crippen molar-refractivity contribution in [2.45, 2.75) is 76.7 Å². The Bertz CT molecular complexity index is 855. The van der Waals surface area contributed by atoms with E-state index in [1.165, 1.54) is 32.1 Å². The molecule has 8 nitrogen and oxygen atoms in total. The molecule has 2 unspecified atom stereocenters. The first-order chi connectivity index (χ1) is 16.1. The minimum absolute atomic E-state index is 0.228. The molecule has 2 atom stereocenters. The van der Waals surface area contributed by atoms with E-state index in [0.29, 0.717) is 28.6 Å². The van der Waals surface area contributed by atoms with E-state index in [-0.39, 0.29) is 5.96 Å². The quantitative estimate of drug-likeness (QED) is 0.582. The summed E-state index contributed by atoms with van der Waals surface area (Å²) in [4.78, 5) is 13.9. The Morgan fingerprint density at radius 2 is 1.94 bits per heavy atom. The van der Waals surface area contributed by atoms with E-state index in [2.05, 4.69) is 32.0 Å². The van der Waals surface area contributed by atoms with Crippen molar-refractivity contribution in [3.8, 4) is 11.5 Å². The molecule has 33 heavy (non-hydrogen) atoms. The van der Waals surface area contributed by atoms with Crippen molar-refractivity contribution < 1.29 is 9.47 Å². The normalized spacial score (nSPS) is 24.8. The summed E-state index contributed by atoms with van der Waals surface area (Å²) in [5.74, 6) is 2.21. The standard InChI is InChI=1S/C24H37ClN6O2/c1-3-30-14-8-11-18(30)16-31-23(27-17-9-6-4-5-7-10-17)28-22(26)29-24(31)33-19-12-13-21(32-2)20(25)15-19/h12-13,15,17-18,24H,3-11,14,16H2,1-2H3,(H3,26,27,28,29). The highest BCUT2D eigenvalue weighted by Crippen LogP contribution is 2.30. The predicted octanol–water partition coefficient (Wildman–Crippen LogP) is 3.79. The van der Waals surface area contributed by atoms with E-state index in [0.717, 1.165) is 44.9 Å². The van der Waals surface area contributed by atoms with Gasteiger partial charge in [-0.15, -0.1) is 0 Å². The third-order valence-corrected chi connectivity index (χ3v) is 7.16. The summed E-state index contributed by atoms with van der Waals surface area (Å²) in [7, 11) is 1.60. The van der Waals surface area contributed by atoms with Crippen LogP contribution in [0.1, 0.15) is 58.3 Å². The summed E-state index contributed by atoms with van der Waals surface area (Å²) in [6.07, 6.45) is 9.13. The van der Waals surface area contributed by atoms with Crippen molar-refractivity contribution in [2.24, 2.45) is 15.7 Å². The zero-order valence-electron chi connectivity index (χ0n) is 19.8. The number of nitrogens with one attached hydrogen (secondary N) is 1. The smallest absolute Gasteiger partial charge is 0.276 e. The lowest BCUT2D eigenvalue weighted by atomic mass is 10.1. The third-order valence-electron chi connectivity index (χ3n) is 6.87. The average Bonchev–Trinajstić information content (AvgIpc) is 3.09. The van der Waals surface area contributed by atoms with Crippen molar-refractivity contribution >= 4 is 23.5 Å². The van der Waals surface area contributed by atoms with Crippen molar-refractivity contribution in [1.29, 1.82) is 0 Å². The number of hydrogen-bond donors (Lipinski definition) is 2. The molecule has 182 valence electrons.